The van der Waals surface area contributed by atoms with Crippen LogP contribution < -0.4 is 0 Å². The first-order valence-corrected chi connectivity index (χ1v) is 8.48. The van der Waals surface area contributed by atoms with Gasteiger partial charge in [-0.15, -0.1) is 0 Å². The zero-order chi connectivity index (χ0) is 13.9. The van der Waals surface area contributed by atoms with Crippen molar-refractivity contribution in [1.29, 1.82) is 5.26 Å². The van der Waals surface area contributed by atoms with Crippen LogP contribution in [0.2, 0.25) is 5.02 Å². The molecule has 0 aliphatic heterocycles. The smallest absolute Gasteiger partial charge is 0.158 e. The highest BCUT2D eigenvalue weighted by Gasteiger charge is 2.35. The molecular formula is C14H16ClNO2S. The third-order valence-electron chi connectivity index (χ3n) is 3.64. The fraction of sp³-hybridized carbons (Fsp3) is 0.500. The number of nitriles is 1. The lowest BCUT2D eigenvalue weighted by molar-refractivity contribution is 0.418. The second-order valence-electron chi connectivity index (χ2n) is 4.96. The van der Waals surface area contributed by atoms with Crippen LogP contribution in [0.5, 0.6) is 0 Å². The maximum absolute atomic E-state index is 12.5. The van der Waals surface area contributed by atoms with Crippen molar-refractivity contribution in [2.45, 2.75) is 36.7 Å². The van der Waals surface area contributed by atoms with Crippen LogP contribution in [-0.4, -0.2) is 13.7 Å². The van der Waals surface area contributed by atoms with E-state index in [0.717, 1.165) is 12.8 Å². The summed E-state index contributed by atoms with van der Waals surface area (Å²) < 4.78 is 24.9. The number of benzene rings is 1. The van der Waals surface area contributed by atoms with Crippen LogP contribution in [0.4, 0.5) is 0 Å². The molecule has 0 heterocycles. The van der Waals surface area contributed by atoms with Gasteiger partial charge in [-0.05, 0) is 24.5 Å². The average Bonchev–Trinajstić information content (AvgIpc) is 2.41. The van der Waals surface area contributed by atoms with Gasteiger partial charge in [0.1, 0.15) is 0 Å². The maximum Gasteiger partial charge on any atom is 0.158 e. The minimum atomic E-state index is -3.33. The third kappa shape index (κ3) is 3.29. The van der Waals surface area contributed by atoms with Crippen molar-refractivity contribution >= 4 is 21.4 Å². The molecule has 1 aliphatic rings. The molecule has 2 rings (SSSR count). The molecule has 5 heteroatoms. The predicted molar refractivity (Wildman–Crippen MR) is 75.4 cm³/mol. The number of sulfone groups is 1. The molecule has 1 fully saturated rings. The Morgan fingerprint density at radius 3 is 2.63 bits per heavy atom. The lowest BCUT2D eigenvalue weighted by Crippen LogP contribution is -2.33. The lowest BCUT2D eigenvalue weighted by atomic mass is 9.90. The van der Waals surface area contributed by atoms with Gasteiger partial charge in [-0.25, -0.2) is 8.42 Å². The van der Waals surface area contributed by atoms with Crippen LogP contribution in [0, 0.1) is 17.2 Å². The Labute approximate surface area is 119 Å². The van der Waals surface area contributed by atoms with E-state index in [1.165, 1.54) is 0 Å². The van der Waals surface area contributed by atoms with Crippen LogP contribution in [0.3, 0.4) is 0 Å². The summed E-state index contributed by atoms with van der Waals surface area (Å²) >= 11 is 6.01. The highest BCUT2D eigenvalue weighted by Crippen LogP contribution is 2.31. The van der Waals surface area contributed by atoms with Gasteiger partial charge >= 0.3 is 0 Å². The monoisotopic (exact) mass is 297 g/mol. The Bertz CT molecular complexity index is 592. The van der Waals surface area contributed by atoms with Gasteiger partial charge in [0.25, 0.3) is 0 Å². The molecule has 0 aromatic heterocycles. The fourth-order valence-corrected chi connectivity index (χ4v) is 5.02. The van der Waals surface area contributed by atoms with Gasteiger partial charge in [-0.2, -0.15) is 5.26 Å². The number of nitrogens with zero attached hydrogens (tertiary/aromatic N) is 1. The Balaban J connectivity index is 2.23. The molecule has 0 bridgehead atoms. The van der Waals surface area contributed by atoms with Gasteiger partial charge in [0, 0.05) is 5.02 Å². The summed E-state index contributed by atoms with van der Waals surface area (Å²) in [7, 11) is -3.33. The van der Waals surface area contributed by atoms with Gasteiger partial charge in [-0.3, -0.25) is 0 Å². The summed E-state index contributed by atoms with van der Waals surface area (Å²) in [5.74, 6) is -0.448. The Hall–Kier alpha value is -1.05. The zero-order valence-corrected chi connectivity index (χ0v) is 12.1. The summed E-state index contributed by atoms with van der Waals surface area (Å²) in [5.41, 5.74) is 0.617. The molecule has 0 amide bonds. The lowest BCUT2D eigenvalue weighted by Gasteiger charge is -2.26. The molecule has 0 spiro atoms. The van der Waals surface area contributed by atoms with Gasteiger partial charge in [0.05, 0.1) is 23.0 Å². The summed E-state index contributed by atoms with van der Waals surface area (Å²) in [6, 6.07) is 9.12. The molecule has 0 radical (unpaired) electrons. The molecule has 102 valence electrons. The van der Waals surface area contributed by atoms with E-state index in [1.807, 2.05) is 0 Å². The fourth-order valence-electron chi connectivity index (χ4n) is 2.61. The predicted octanol–water partition coefficient (Wildman–Crippen LogP) is 3.34. The molecule has 19 heavy (non-hydrogen) atoms. The molecule has 2 atom stereocenters. The SMILES string of the molecule is N#CC1CCCCC1S(=O)(=O)Cc1ccccc1Cl. The number of hydrogen-bond acceptors (Lipinski definition) is 3. The third-order valence-corrected chi connectivity index (χ3v) is 6.21. The Kier molecular flexibility index (Phi) is 4.49. The van der Waals surface area contributed by atoms with Crippen molar-refractivity contribution < 1.29 is 8.42 Å². The van der Waals surface area contributed by atoms with Crippen LogP contribution >= 0.6 is 11.6 Å². The summed E-state index contributed by atoms with van der Waals surface area (Å²) in [4.78, 5) is 0. The molecule has 0 saturated heterocycles. The maximum atomic E-state index is 12.5. The first kappa shape index (κ1) is 14.4. The molecule has 1 aromatic rings. The van der Waals surface area contributed by atoms with Crippen molar-refractivity contribution in [3.8, 4) is 6.07 Å². The van der Waals surface area contributed by atoms with Crippen molar-refractivity contribution in [1.82, 2.24) is 0 Å². The van der Waals surface area contributed by atoms with Gasteiger partial charge in [0.2, 0.25) is 0 Å². The highest BCUT2D eigenvalue weighted by atomic mass is 35.5. The normalized spacial score (nSPS) is 23.8. The van der Waals surface area contributed by atoms with Crippen molar-refractivity contribution in [2.24, 2.45) is 5.92 Å². The minimum Gasteiger partial charge on any atom is -0.228 e. The second-order valence-corrected chi connectivity index (χ2v) is 7.58. The van der Waals surface area contributed by atoms with E-state index >= 15 is 0 Å². The second kappa shape index (κ2) is 5.94. The number of halogens is 1. The van der Waals surface area contributed by atoms with Crippen LogP contribution in [0.1, 0.15) is 31.2 Å². The van der Waals surface area contributed by atoms with E-state index in [-0.39, 0.29) is 11.7 Å². The molecular weight excluding hydrogens is 282 g/mol. The number of rotatable bonds is 3. The van der Waals surface area contributed by atoms with E-state index in [9.17, 15) is 8.42 Å². The Morgan fingerprint density at radius 2 is 1.95 bits per heavy atom. The Morgan fingerprint density at radius 1 is 1.26 bits per heavy atom. The zero-order valence-electron chi connectivity index (χ0n) is 10.5. The molecule has 3 nitrogen and oxygen atoms in total. The highest BCUT2D eigenvalue weighted by molar-refractivity contribution is 7.91. The molecule has 2 unspecified atom stereocenters. The molecule has 1 saturated carbocycles. The average molecular weight is 298 g/mol. The van der Waals surface area contributed by atoms with Crippen molar-refractivity contribution in [3.05, 3.63) is 34.9 Å². The van der Waals surface area contributed by atoms with E-state index in [1.54, 1.807) is 24.3 Å². The van der Waals surface area contributed by atoms with Gasteiger partial charge < -0.3 is 0 Å². The summed E-state index contributed by atoms with van der Waals surface area (Å²) in [6.45, 7) is 0. The van der Waals surface area contributed by atoms with Crippen molar-refractivity contribution in [2.75, 3.05) is 0 Å². The standard InChI is InChI=1S/C14H16ClNO2S/c15-13-7-3-1-6-12(13)10-19(17,18)14-8-4-2-5-11(14)9-16/h1,3,6-7,11,14H,2,4-5,8,10H2. The van der Waals surface area contributed by atoms with Crippen molar-refractivity contribution in [3.63, 3.8) is 0 Å². The topological polar surface area (TPSA) is 57.9 Å². The van der Waals surface area contributed by atoms with Crippen LogP contribution in [-0.2, 0) is 15.6 Å². The first-order chi connectivity index (χ1) is 9.04. The van der Waals surface area contributed by atoms with E-state index in [4.69, 9.17) is 16.9 Å². The van der Waals surface area contributed by atoms with E-state index in [2.05, 4.69) is 6.07 Å². The largest absolute Gasteiger partial charge is 0.228 e. The van der Waals surface area contributed by atoms with E-state index in [0.29, 0.717) is 23.4 Å². The molecule has 1 aliphatic carbocycles. The minimum absolute atomic E-state index is 0.0739. The summed E-state index contributed by atoms with van der Waals surface area (Å²) in [5, 5.41) is 9.03. The van der Waals surface area contributed by atoms with Crippen LogP contribution in [0.25, 0.3) is 0 Å². The number of hydrogen-bond donors (Lipinski definition) is 0. The van der Waals surface area contributed by atoms with E-state index < -0.39 is 15.1 Å². The summed E-state index contributed by atoms with van der Waals surface area (Å²) in [6.07, 6.45) is 3.09. The van der Waals surface area contributed by atoms with Gasteiger partial charge in [0.15, 0.2) is 9.84 Å². The first-order valence-electron chi connectivity index (χ1n) is 6.39. The van der Waals surface area contributed by atoms with Crippen LogP contribution in [0.15, 0.2) is 24.3 Å². The quantitative estimate of drug-likeness (QED) is 0.860. The molecule has 0 N–H and O–H groups in total. The van der Waals surface area contributed by atoms with Gasteiger partial charge in [-0.1, -0.05) is 42.6 Å². The molecule has 1 aromatic carbocycles.